The first-order valence-corrected chi connectivity index (χ1v) is 5.51. The molecule has 1 amide bonds. The van der Waals surface area contributed by atoms with Crippen LogP contribution in [-0.2, 0) is 0 Å². The van der Waals surface area contributed by atoms with E-state index in [1.165, 1.54) is 6.07 Å². The second-order valence-electron chi connectivity index (χ2n) is 3.72. The quantitative estimate of drug-likeness (QED) is 0.829. The van der Waals surface area contributed by atoms with Crippen LogP contribution in [0.3, 0.4) is 0 Å². The molecule has 1 atom stereocenters. The van der Waals surface area contributed by atoms with Crippen molar-refractivity contribution in [2.75, 3.05) is 13.2 Å². The van der Waals surface area contributed by atoms with E-state index in [-0.39, 0.29) is 29.4 Å². The molecule has 0 unspecified atom stereocenters. The van der Waals surface area contributed by atoms with Crippen molar-refractivity contribution in [1.29, 1.82) is 0 Å². The zero-order valence-electron chi connectivity index (χ0n) is 8.64. The van der Waals surface area contributed by atoms with Gasteiger partial charge in [-0.15, -0.1) is 10.2 Å². The minimum atomic E-state index is -0.194. The summed E-state index contributed by atoms with van der Waals surface area (Å²) < 4.78 is 0. The molecule has 0 aromatic carbocycles. The number of aromatic nitrogens is 2. The van der Waals surface area contributed by atoms with Crippen molar-refractivity contribution in [3.63, 3.8) is 0 Å². The molecule has 1 aliphatic heterocycles. The Morgan fingerprint density at radius 2 is 2.38 bits per heavy atom. The van der Waals surface area contributed by atoms with Gasteiger partial charge in [0.25, 0.3) is 5.91 Å². The van der Waals surface area contributed by atoms with E-state index in [1.54, 1.807) is 11.0 Å². The van der Waals surface area contributed by atoms with Gasteiger partial charge in [0.2, 0.25) is 0 Å². The van der Waals surface area contributed by atoms with Gasteiger partial charge >= 0.3 is 0 Å². The number of rotatable bonds is 2. The van der Waals surface area contributed by atoms with Crippen molar-refractivity contribution >= 4 is 17.5 Å². The van der Waals surface area contributed by atoms with Gasteiger partial charge in [-0.3, -0.25) is 4.79 Å². The Morgan fingerprint density at radius 3 is 3.00 bits per heavy atom. The first kappa shape index (κ1) is 11.3. The van der Waals surface area contributed by atoms with Crippen LogP contribution in [0, 0.1) is 0 Å². The molecule has 1 saturated heterocycles. The molecular formula is C10H12ClN3O2. The van der Waals surface area contributed by atoms with Crippen LogP contribution in [0.2, 0.25) is 5.15 Å². The molecular weight excluding hydrogens is 230 g/mol. The Morgan fingerprint density at radius 1 is 1.56 bits per heavy atom. The zero-order chi connectivity index (χ0) is 11.5. The summed E-state index contributed by atoms with van der Waals surface area (Å²) in [7, 11) is 0. The van der Waals surface area contributed by atoms with Gasteiger partial charge in [-0.25, -0.2) is 0 Å². The Bertz CT molecular complexity index is 382. The number of amides is 1. The van der Waals surface area contributed by atoms with Gasteiger partial charge < -0.3 is 10.0 Å². The van der Waals surface area contributed by atoms with E-state index in [0.29, 0.717) is 6.54 Å². The molecule has 0 bridgehead atoms. The van der Waals surface area contributed by atoms with Gasteiger partial charge in [0.15, 0.2) is 10.8 Å². The van der Waals surface area contributed by atoms with E-state index < -0.39 is 0 Å². The van der Waals surface area contributed by atoms with Crippen LogP contribution in [-0.4, -0.2) is 45.3 Å². The van der Waals surface area contributed by atoms with Crippen LogP contribution in [0.4, 0.5) is 0 Å². The third-order valence-electron chi connectivity index (χ3n) is 2.70. The molecule has 1 aromatic rings. The molecule has 1 N–H and O–H groups in total. The Balaban J connectivity index is 2.15. The lowest BCUT2D eigenvalue weighted by Crippen LogP contribution is -2.38. The summed E-state index contributed by atoms with van der Waals surface area (Å²) in [6, 6.07) is 2.99. The number of hydrogen-bond acceptors (Lipinski definition) is 4. The molecule has 1 aliphatic rings. The molecule has 0 spiro atoms. The molecule has 1 fully saturated rings. The van der Waals surface area contributed by atoms with Crippen LogP contribution in [0.15, 0.2) is 12.1 Å². The van der Waals surface area contributed by atoms with Crippen LogP contribution in [0.5, 0.6) is 0 Å². The second kappa shape index (κ2) is 4.76. The number of aliphatic hydroxyl groups is 1. The van der Waals surface area contributed by atoms with E-state index in [2.05, 4.69) is 10.2 Å². The van der Waals surface area contributed by atoms with Gasteiger partial charge in [-0.2, -0.15) is 0 Å². The average molecular weight is 242 g/mol. The van der Waals surface area contributed by atoms with Crippen LogP contribution in [0.1, 0.15) is 23.3 Å². The standard InChI is InChI=1S/C10H12ClN3O2/c11-9-4-3-8(12-13-9)10(16)14-5-1-2-7(14)6-15/h3-4,7,15H,1-2,5-6H2/t7-/m0/s1. The van der Waals surface area contributed by atoms with E-state index in [0.717, 1.165) is 12.8 Å². The van der Waals surface area contributed by atoms with Crippen molar-refractivity contribution in [3.8, 4) is 0 Å². The Kier molecular flexibility index (Phi) is 3.36. The summed E-state index contributed by atoms with van der Waals surface area (Å²) in [5.74, 6) is -0.194. The number of likely N-dealkylation sites (tertiary alicyclic amines) is 1. The molecule has 0 aliphatic carbocycles. The van der Waals surface area contributed by atoms with Gasteiger partial charge in [0.1, 0.15) is 0 Å². The lowest BCUT2D eigenvalue weighted by Gasteiger charge is -2.22. The predicted octanol–water partition coefficient (Wildman–Crippen LogP) is 0.727. The summed E-state index contributed by atoms with van der Waals surface area (Å²) in [6.45, 7) is 0.654. The van der Waals surface area contributed by atoms with Crippen molar-refractivity contribution in [2.45, 2.75) is 18.9 Å². The second-order valence-corrected chi connectivity index (χ2v) is 4.11. The molecule has 6 heteroatoms. The number of carbonyl (C=O) groups is 1. The predicted molar refractivity (Wildman–Crippen MR) is 58.2 cm³/mol. The van der Waals surface area contributed by atoms with Gasteiger partial charge in [0, 0.05) is 6.54 Å². The van der Waals surface area contributed by atoms with Crippen molar-refractivity contribution in [1.82, 2.24) is 15.1 Å². The summed E-state index contributed by atoms with van der Waals surface area (Å²) in [5.41, 5.74) is 0.268. The fraction of sp³-hybridized carbons (Fsp3) is 0.500. The average Bonchev–Trinajstić information content (AvgIpc) is 2.77. The van der Waals surface area contributed by atoms with Crippen LogP contribution in [0.25, 0.3) is 0 Å². The third-order valence-corrected chi connectivity index (χ3v) is 2.90. The highest BCUT2D eigenvalue weighted by molar-refractivity contribution is 6.29. The Hall–Kier alpha value is -1.20. The molecule has 2 rings (SSSR count). The molecule has 2 heterocycles. The van der Waals surface area contributed by atoms with E-state index >= 15 is 0 Å². The highest BCUT2D eigenvalue weighted by Crippen LogP contribution is 2.19. The molecule has 0 saturated carbocycles. The maximum Gasteiger partial charge on any atom is 0.274 e. The SMILES string of the molecule is O=C(c1ccc(Cl)nn1)N1CCC[C@H]1CO. The number of hydrogen-bond donors (Lipinski definition) is 1. The summed E-state index contributed by atoms with van der Waals surface area (Å²) in [5, 5.41) is 16.8. The normalized spacial score (nSPS) is 20.1. The first-order chi connectivity index (χ1) is 7.72. The minimum Gasteiger partial charge on any atom is -0.394 e. The fourth-order valence-corrected chi connectivity index (χ4v) is 1.97. The summed E-state index contributed by atoms with van der Waals surface area (Å²) >= 11 is 5.59. The number of halogens is 1. The van der Waals surface area contributed by atoms with Gasteiger partial charge in [0.05, 0.1) is 12.6 Å². The number of aliphatic hydroxyl groups excluding tert-OH is 1. The summed E-state index contributed by atoms with van der Waals surface area (Å²) in [6.07, 6.45) is 1.75. The number of carbonyl (C=O) groups excluding carboxylic acids is 1. The maximum atomic E-state index is 12.0. The van der Waals surface area contributed by atoms with E-state index in [9.17, 15) is 4.79 Å². The molecule has 0 radical (unpaired) electrons. The smallest absolute Gasteiger partial charge is 0.274 e. The van der Waals surface area contributed by atoms with Crippen LogP contribution >= 0.6 is 11.6 Å². The van der Waals surface area contributed by atoms with Gasteiger partial charge in [-0.05, 0) is 25.0 Å². The largest absolute Gasteiger partial charge is 0.394 e. The van der Waals surface area contributed by atoms with Crippen molar-refractivity contribution < 1.29 is 9.90 Å². The van der Waals surface area contributed by atoms with E-state index in [4.69, 9.17) is 16.7 Å². The third kappa shape index (κ3) is 2.15. The highest BCUT2D eigenvalue weighted by atomic mass is 35.5. The first-order valence-electron chi connectivity index (χ1n) is 5.13. The maximum absolute atomic E-state index is 12.0. The molecule has 16 heavy (non-hydrogen) atoms. The van der Waals surface area contributed by atoms with Crippen LogP contribution < -0.4 is 0 Å². The zero-order valence-corrected chi connectivity index (χ0v) is 9.39. The molecule has 86 valence electrons. The fourth-order valence-electron chi connectivity index (χ4n) is 1.87. The monoisotopic (exact) mass is 241 g/mol. The lowest BCUT2D eigenvalue weighted by molar-refractivity contribution is 0.0670. The molecule has 1 aromatic heterocycles. The van der Waals surface area contributed by atoms with Crippen molar-refractivity contribution in [3.05, 3.63) is 23.0 Å². The minimum absolute atomic E-state index is 0.00718. The van der Waals surface area contributed by atoms with E-state index in [1.807, 2.05) is 0 Å². The van der Waals surface area contributed by atoms with Crippen molar-refractivity contribution in [2.24, 2.45) is 0 Å². The number of nitrogens with zero attached hydrogens (tertiary/aromatic N) is 3. The molecule has 5 nitrogen and oxygen atoms in total. The lowest BCUT2D eigenvalue weighted by atomic mass is 10.2. The Labute approximate surface area is 98.0 Å². The topological polar surface area (TPSA) is 66.3 Å². The van der Waals surface area contributed by atoms with Gasteiger partial charge in [-0.1, -0.05) is 11.6 Å². The highest BCUT2D eigenvalue weighted by Gasteiger charge is 2.29. The summed E-state index contributed by atoms with van der Waals surface area (Å²) in [4.78, 5) is 13.6.